The van der Waals surface area contributed by atoms with E-state index in [-0.39, 0.29) is 17.6 Å². The largest absolute Gasteiger partial charge is 0.412 e. The van der Waals surface area contributed by atoms with E-state index in [0.717, 1.165) is 10.6 Å². The van der Waals surface area contributed by atoms with Crippen LogP contribution in [0.15, 0.2) is 54.6 Å². The van der Waals surface area contributed by atoms with Gasteiger partial charge in [0, 0.05) is 28.7 Å². The van der Waals surface area contributed by atoms with E-state index in [1.54, 1.807) is 0 Å². The maximum atomic E-state index is 15.7. The zero-order valence-corrected chi connectivity index (χ0v) is 24.7. The standard InChI is InChI=1S/C30H45BNOP2.H2O/c1-24(2)32(25(3)4)35(33,28-20-12-7-13-21-28)30-23-15-14-22-29(30)34(31,26-16-8-5-9-17-26)27-18-10-6-11-19-27;/h7,12-15,20-27H,5-6,8-11,16-19H2,1-4H3;1H2/t35-;/m1./s1. The minimum atomic E-state index is -3.10. The van der Waals surface area contributed by atoms with Gasteiger partial charge >= 0.3 is 0 Å². The van der Waals surface area contributed by atoms with Crippen LogP contribution in [0.4, 0.5) is 0 Å². The van der Waals surface area contributed by atoms with E-state index in [1.165, 1.54) is 69.5 Å². The minimum absolute atomic E-state index is 0. The predicted molar refractivity (Wildman–Crippen MR) is 162 cm³/mol. The van der Waals surface area contributed by atoms with Crippen molar-refractivity contribution in [3.8, 4) is 0 Å². The molecule has 0 heterocycles. The van der Waals surface area contributed by atoms with Crippen LogP contribution in [0, 0.1) is 0 Å². The molecule has 2 fully saturated rings. The van der Waals surface area contributed by atoms with Gasteiger partial charge in [0.25, 0.3) is 0 Å². The molecule has 3 radical (unpaired) electrons. The molecule has 0 saturated heterocycles. The molecule has 0 amide bonds. The topological polar surface area (TPSA) is 51.8 Å². The lowest BCUT2D eigenvalue weighted by molar-refractivity contribution is 0.307. The van der Waals surface area contributed by atoms with Crippen molar-refractivity contribution in [2.45, 2.75) is 115 Å². The molecule has 1 atom stereocenters. The molecule has 4 rings (SSSR count). The summed E-state index contributed by atoms with van der Waals surface area (Å²) in [5.74, 6) is 0. The van der Waals surface area contributed by atoms with Crippen molar-refractivity contribution in [3.05, 3.63) is 54.6 Å². The highest BCUT2D eigenvalue weighted by atomic mass is 31.2. The summed E-state index contributed by atoms with van der Waals surface area (Å²) in [5.41, 5.74) is 1.13. The third-order valence-electron chi connectivity index (χ3n) is 8.47. The molecule has 6 heteroatoms. The average Bonchev–Trinajstić information content (AvgIpc) is 2.89. The van der Waals surface area contributed by atoms with Gasteiger partial charge in [-0.15, -0.1) is 0 Å². The second-order valence-corrected chi connectivity index (χ2v) is 17.6. The van der Waals surface area contributed by atoms with Crippen LogP contribution >= 0.6 is 14.4 Å². The lowest BCUT2D eigenvalue weighted by Crippen LogP contribution is -2.47. The summed E-state index contributed by atoms with van der Waals surface area (Å²) < 4.78 is 18.0. The SMILES string of the molecule is O.[B-][P+](c1ccccc1[P@](=O)(c1ccccc1)N(C(C)C)C(C)C)(C1CCCCC1)C1CCCCC1. The van der Waals surface area contributed by atoms with Gasteiger partial charge in [-0.05, 0) is 103 Å². The van der Waals surface area contributed by atoms with E-state index >= 15 is 4.57 Å². The van der Waals surface area contributed by atoms with Crippen molar-refractivity contribution >= 4 is 37.9 Å². The van der Waals surface area contributed by atoms with Crippen LogP contribution in [0.3, 0.4) is 0 Å². The van der Waals surface area contributed by atoms with Crippen LogP contribution in [-0.2, 0) is 4.57 Å². The lowest BCUT2D eigenvalue weighted by atomic mass is 9.99. The van der Waals surface area contributed by atoms with E-state index in [4.69, 9.17) is 7.57 Å². The molecule has 2 aromatic rings. The molecule has 0 unspecified atom stereocenters. The van der Waals surface area contributed by atoms with Gasteiger partial charge in [0.2, 0.25) is 7.29 Å². The summed E-state index contributed by atoms with van der Waals surface area (Å²) in [6.07, 6.45) is 12.8. The molecule has 2 aliphatic rings. The zero-order chi connectivity index (χ0) is 25.1. The van der Waals surface area contributed by atoms with Crippen LogP contribution < -0.4 is 15.9 Å². The first-order valence-electron chi connectivity index (χ1n) is 14.0. The quantitative estimate of drug-likeness (QED) is 0.288. The Balaban J connectivity index is 0.00000361. The van der Waals surface area contributed by atoms with Crippen molar-refractivity contribution in [3.63, 3.8) is 0 Å². The third-order valence-corrected chi connectivity index (χ3v) is 16.9. The van der Waals surface area contributed by atoms with Crippen molar-refractivity contribution < 1.29 is 10.0 Å². The summed E-state index contributed by atoms with van der Waals surface area (Å²) in [6, 6.07) is 19.3. The average molecular weight is 526 g/mol. The third kappa shape index (κ3) is 5.59. The number of nitrogens with zero attached hydrogens (tertiary/aromatic N) is 1. The van der Waals surface area contributed by atoms with Crippen molar-refractivity contribution in [1.29, 1.82) is 0 Å². The fourth-order valence-corrected chi connectivity index (χ4v) is 15.9. The van der Waals surface area contributed by atoms with Gasteiger partial charge in [-0.3, -0.25) is 12.1 Å². The van der Waals surface area contributed by atoms with E-state index < -0.39 is 14.4 Å². The Morgan fingerprint density at radius 2 is 1.19 bits per heavy atom. The van der Waals surface area contributed by atoms with E-state index in [2.05, 4.69) is 68.8 Å². The van der Waals surface area contributed by atoms with Gasteiger partial charge in [-0.1, -0.05) is 43.2 Å². The first kappa shape index (κ1) is 29.6. The summed E-state index contributed by atoms with van der Waals surface area (Å²) in [4.78, 5) is 0. The minimum Gasteiger partial charge on any atom is -0.412 e. The first-order valence-corrected chi connectivity index (χ1v) is 17.7. The van der Waals surface area contributed by atoms with E-state index in [1.807, 2.05) is 18.2 Å². The van der Waals surface area contributed by atoms with Crippen LogP contribution in [0.5, 0.6) is 0 Å². The molecule has 2 aliphatic carbocycles. The highest BCUT2D eigenvalue weighted by molar-refractivity contribution is 8.05. The van der Waals surface area contributed by atoms with Crippen LogP contribution in [0.2, 0.25) is 0 Å². The second kappa shape index (κ2) is 12.8. The maximum Gasteiger partial charge on any atom is 0.211 e. The normalized spacial score (nSPS) is 19.9. The molecule has 3 nitrogen and oxygen atoms in total. The fraction of sp³-hybridized carbons (Fsp3) is 0.600. The zero-order valence-electron chi connectivity index (χ0n) is 22.9. The number of hydrogen-bond acceptors (Lipinski definition) is 1. The highest BCUT2D eigenvalue weighted by Crippen LogP contribution is 2.68. The predicted octanol–water partition coefficient (Wildman–Crippen LogP) is 6.60. The highest BCUT2D eigenvalue weighted by Gasteiger charge is 2.46. The molecule has 36 heavy (non-hydrogen) atoms. The molecule has 2 saturated carbocycles. The Morgan fingerprint density at radius 3 is 1.67 bits per heavy atom. The van der Waals surface area contributed by atoms with Crippen molar-refractivity contribution in [2.75, 3.05) is 0 Å². The number of benzene rings is 2. The molecule has 0 spiro atoms. The van der Waals surface area contributed by atoms with Gasteiger partial charge in [-0.25, -0.2) is 11.8 Å². The molecule has 2 N–H and O–H groups in total. The monoisotopic (exact) mass is 526 g/mol. The lowest BCUT2D eigenvalue weighted by Gasteiger charge is -2.53. The fourth-order valence-electron chi connectivity index (χ4n) is 7.03. The smallest absolute Gasteiger partial charge is 0.211 e. The number of rotatable bonds is 8. The molecule has 0 bridgehead atoms. The van der Waals surface area contributed by atoms with Gasteiger partial charge in [0.05, 0.1) is 10.6 Å². The van der Waals surface area contributed by atoms with Gasteiger partial charge < -0.3 is 5.48 Å². The first-order chi connectivity index (χ1) is 16.8. The molecule has 0 aromatic heterocycles. The Morgan fingerprint density at radius 1 is 0.750 bits per heavy atom. The van der Waals surface area contributed by atoms with Gasteiger partial charge in [-0.2, -0.15) is 0 Å². The Bertz CT molecular complexity index is 975. The molecular formula is C30H47BNO2P2. The molecule has 197 valence electrons. The number of hydrogen-bond donors (Lipinski definition) is 0. The van der Waals surface area contributed by atoms with Crippen LogP contribution in [0.1, 0.15) is 91.9 Å². The van der Waals surface area contributed by atoms with E-state index in [9.17, 15) is 0 Å². The molecular weight excluding hydrogens is 479 g/mol. The summed E-state index contributed by atoms with van der Waals surface area (Å²) in [6.45, 7) is 8.74. The van der Waals surface area contributed by atoms with Gasteiger partial charge in [0.1, 0.15) is 0 Å². The van der Waals surface area contributed by atoms with Gasteiger partial charge in [0.15, 0.2) is 0 Å². The Hall–Kier alpha value is -0.915. The van der Waals surface area contributed by atoms with Crippen molar-refractivity contribution in [1.82, 2.24) is 4.67 Å². The summed E-state index contributed by atoms with van der Waals surface area (Å²) >= 11 is 0. The van der Waals surface area contributed by atoms with E-state index in [0.29, 0.717) is 11.3 Å². The summed E-state index contributed by atoms with van der Waals surface area (Å²) in [7, 11) is 2.74. The second-order valence-electron chi connectivity index (χ2n) is 11.4. The summed E-state index contributed by atoms with van der Waals surface area (Å²) in [5, 5.41) is 3.24. The van der Waals surface area contributed by atoms with Crippen LogP contribution in [0.25, 0.3) is 0 Å². The molecule has 0 aliphatic heterocycles. The Kier molecular flexibility index (Phi) is 10.5. The molecule has 2 aromatic carbocycles. The van der Waals surface area contributed by atoms with Crippen molar-refractivity contribution in [2.24, 2.45) is 0 Å². The maximum absolute atomic E-state index is 15.7. The Labute approximate surface area is 222 Å². The van der Waals surface area contributed by atoms with Crippen LogP contribution in [-0.4, -0.2) is 41.1 Å².